The number of rotatable bonds is 3. The van der Waals surface area contributed by atoms with Gasteiger partial charge in [0.15, 0.2) is 0 Å². The van der Waals surface area contributed by atoms with Crippen LogP contribution in [0.3, 0.4) is 0 Å². The van der Waals surface area contributed by atoms with Crippen LogP contribution in [0.4, 0.5) is 5.82 Å². The van der Waals surface area contributed by atoms with E-state index in [9.17, 15) is 0 Å². The Kier molecular flexibility index (Phi) is 3.37. The Morgan fingerprint density at radius 2 is 2.42 bits per heavy atom. The maximum absolute atomic E-state index is 8.25. The largest absolute Gasteiger partial charge is 0.516 e. The van der Waals surface area contributed by atoms with Crippen molar-refractivity contribution >= 4 is 12.0 Å². The summed E-state index contributed by atoms with van der Waals surface area (Å²) in [6.45, 7) is 0. The molecule has 0 saturated carbocycles. The molecule has 0 spiro atoms. The molecule has 4 nitrogen and oxygen atoms in total. The Balaban J connectivity index is 2.43. The van der Waals surface area contributed by atoms with Crippen LogP contribution in [0.25, 0.3) is 0 Å². The number of aliphatic hydroxyl groups is 1. The smallest absolute Gasteiger partial charge is 0.146 e. The number of allylic oxidation sites excluding steroid dienone is 1. The first-order valence-electron chi connectivity index (χ1n) is 3.43. The zero-order valence-corrected chi connectivity index (χ0v) is 6.38. The van der Waals surface area contributed by atoms with E-state index in [0.717, 1.165) is 6.26 Å². The molecule has 1 rings (SSSR count). The number of nitrogens with one attached hydrogen (secondary N) is 1. The number of nitrogens with zero attached hydrogens (tertiary/aromatic N) is 2. The highest BCUT2D eigenvalue weighted by molar-refractivity contribution is 5.71. The highest BCUT2D eigenvalue weighted by Gasteiger charge is 1.83. The van der Waals surface area contributed by atoms with Crippen LogP contribution in [-0.2, 0) is 0 Å². The third kappa shape index (κ3) is 2.83. The molecule has 0 radical (unpaired) electrons. The van der Waals surface area contributed by atoms with Crippen LogP contribution >= 0.6 is 0 Å². The number of aliphatic hydroxyl groups excluding tert-OH is 1. The molecule has 1 aromatic heterocycles. The van der Waals surface area contributed by atoms with Gasteiger partial charge in [0.05, 0.1) is 12.5 Å². The number of hydrogen-bond acceptors (Lipinski definition) is 4. The van der Waals surface area contributed by atoms with Crippen LogP contribution in [0.1, 0.15) is 0 Å². The van der Waals surface area contributed by atoms with Gasteiger partial charge in [0.25, 0.3) is 0 Å². The van der Waals surface area contributed by atoms with Crippen molar-refractivity contribution in [1.29, 1.82) is 0 Å². The summed E-state index contributed by atoms with van der Waals surface area (Å²) in [4.78, 5) is 3.96. The zero-order chi connectivity index (χ0) is 8.65. The quantitative estimate of drug-likeness (QED) is 0.404. The van der Waals surface area contributed by atoms with E-state index < -0.39 is 0 Å². The average molecular weight is 163 g/mol. The van der Waals surface area contributed by atoms with E-state index in [1.807, 2.05) is 12.1 Å². The van der Waals surface area contributed by atoms with Crippen molar-refractivity contribution in [1.82, 2.24) is 4.98 Å². The van der Waals surface area contributed by atoms with Gasteiger partial charge in [0, 0.05) is 6.20 Å². The summed E-state index contributed by atoms with van der Waals surface area (Å²) in [6.07, 6.45) is 5.40. The Hall–Kier alpha value is -1.84. The molecule has 1 heterocycles. The van der Waals surface area contributed by atoms with Crippen molar-refractivity contribution in [2.45, 2.75) is 0 Å². The van der Waals surface area contributed by atoms with E-state index in [1.165, 1.54) is 12.3 Å². The van der Waals surface area contributed by atoms with E-state index in [0.29, 0.717) is 5.82 Å². The fourth-order valence-electron chi connectivity index (χ4n) is 0.614. The molecule has 0 saturated heterocycles. The second kappa shape index (κ2) is 4.90. The van der Waals surface area contributed by atoms with Gasteiger partial charge in [-0.3, -0.25) is 5.43 Å². The molecule has 12 heavy (non-hydrogen) atoms. The fourth-order valence-corrected chi connectivity index (χ4v) is 0.614. The molecule has 0 aliphatic carbocycles. The predicted octanol–water partition coefficient (Wildman–Crippen LogP) is 1.55. The van der Waals surface area contributed by atoms with Crippen LogP contribution in [-0.4, -0.2) is 16.3 Å². The van der Waals surface area contributed by atoms with Crippen LogP contribution in [0.2, 0.25) is 0 Å². The maximum Gasteiger partial charge on any atom is 0.146 e. The van der Waals surface area contributed by atoms with E-state index in [2.05, 4.69) is 15.5 Å². The normalized spacial score (nSPS) is 11.0. The maximum atomic E-state index is 8.25. The summed E-state index contributed by atoms with van der Waals surface area (Å²) < 4.78 is 0. The number of hydrazone groups is 1. The summed E-state index contributed by atoms with van der Waals surface area (Å²) in [7, 11) is 0. The summed E-state index contributed by atoms with van der Waals surface area (Å²) in [6, 6.07) is 5.47. The molecule has 0 aliphatic rings. The van der Waals surface area contributed by atoms with Gasteiger partial charge in [0.2, 0.25) is 0 Å². The van der Waals surface area contributed by atoms with Gasteiger partial charge in [-0.15, -0.1) is 0 Å². The third-order valence-corrected chi connectivity index (χ3v) is 1.09. The van der Waals surface area contributed by atoms with Crippen LogP contribution < -0.4 is 5.43 Å². The molecule has 2 N–H and O–H groups in total. The molecule has 0 aliphatic heterocycles. The summed E-state index contributed by atoms with van der Waals surface area (Å²) in [5, 5.41) is 12.0. The highest BCUT2D eigenvalue weighted by atomic mass is 16.2. The van der Waals surface area contributed by atoms with Crippen LogP contribution in [0.15, 0.2) is 41.8 Å². The summed E-state index contributed by atoms with van der Waals surface area (Å²) in [5.74, 6) is 0.667. The number of anilines is 1. The van der Waals surface area contributed by atoms with E-state index >= 15 is 0 Å². The molecule has 62 valence electrons. The minimum Gasteiger partial charge on any atom is -0.516 e. The van der Waals surface area contributed by atoms with Crippen molar-refractivity contribution in [3.05, 3.63) is 36.7 Å². The first kappa shape index (κ1) is 8.26. The lowest BCUT2D eigenvalue weighted by molar-refractivity contribution is 0.474. The molecular formula is C8H9N3O. The van der Waals surface area contributed by atoms with E-state index in [1.54, 1.807) is 12.3 Å². The van der Waals surface area contributed by atoms with Gasteiger partial charge in [-0.1, -0.05) is 6.07 Å². The Bertz CT molecular complexity index is 269. The van der Waals surface area contributed by atoms with Crippen molar-refractivity contribution in [2.24, 2.45) is 5.10 Å². The first-order chi connectivity index (χ1) is 5.93. The Morgan fingerprint density at radius 3 is 3.08 bits per heavy atom. The van der Waals surface area contributed by atoms with Crippen molar-refractivity contribution in [3.8, 4) is 0 Å². The Labute approximate surface area is 70.3 Å². The number of hydrogen-bond donors (Lipinski definition) is 2. The average Bonchev–Trinajstić information content (AvgIpc) is 2.14. The highest BCUT2D eigenvalue weighted by Crippen LogP contribution is 1.97. The topological polar surface area (TPSA) is 57.5 Å². The Morgan fingerprint density at radius 1 is 1.50 bits per heavy atom. The number of pyridine rings is 1. The molecule has 4 heteroatoms. The predicted molar refractivity (Wildman–Crippen MR) is 48.1 cm³/mol. The molecule has 0 unspecified atom stereocenters. The van der Waals surface area contributed by atoms with Gasteiger partial charge in [-0.2, -0.15) is 5.10 Å². The standard InChI is InChI=1S/C8H9N3O/c12-7-3-6-10-11-8-4-1-2-5-9-8/h1-7,12H,(H,9,11)/b7-3+,10-6-. The van der Waals surface area contributed by atoms with Gasteiger partial charge >= 0.3 is 0 Å². The van der Waals surface area contributed by atoms with Gasteiger partial charge in [-0.05, 0) is 18.2 Å². The van der Waals surface area contributed by atoms with Crippen molar-refractivity contribution < 1.29 is 5.11 Å². The molecule has 0 aromatic carbocycles. The lowest BCUT2D eigenvalue weighted by Crippen LogP contribution is -1.90. The second-order valence-electron chi connectivity index (χ2n) is 1.95. The zero-order valence-electron chi connectivity index (χ0n) is 6.38. The molecular weight excluding hydrogens is 154 g/mol. The lowest BCUT2D eigenvalue weighted by Gasteiger charge is -1.94. The van der Waals surface area contributed by atoms with Crippen molar-refractivity contribution in [3.63, 3.8) is 0 Å². The second-order valence-corrected chi connectivity index (χ2v) is 1.95. The first-order valence-corrected chi connectivity index (χ1v) is 3.43. The van der Waals surface area contributed by atoms with Crippen LogP contribution in [0, 0.1) is 0 Å². The van der Waals surface area contributed by atoms with Gasteiger partial charge in [-0.25, -0.2) is 4.98 Å². The van der Waals surface area contributed by atoms with Crippen LogP contribution in [0.5, 0.6) is 0 Å². The lowest BCUT2D eigenvalue weighted by atomic mass is 10.5. The minimum absolute atomic E-state index is 0.667. The van der Waals surface area contributed by atoms with Crippen molar-refractivity contribution in [2.75, 3.05) is 5.43 Å². The minimum atomic E-state index is 0.667. The van der Waals surface area contributed by atoms with Gasteiger partial charge in [0.1, 0.15) is 5.82 Å². The van der Waals surface area contributed by atoms with Gasteiger partial charge < -0.3 is 5.11 Å². The monoisotopic (exact) mass is 163 g/mol. The molecule has 0 amide bonds. The molecule has 1 aromatic rings. The SMILES string of the molecule is O/C=C/C=N\Nc1ccccn1. The molecule has 0 atom stereocenters. The number of aromatic nitrogens is 1. The molecule has 0 fully saturated rings. The molecule has 0 bridgehead atoms. The summed E-state index contributed by atoms with van der Waals surface area (Å²) in [5.41, 5.74) is 2.68. The third-order valence-electron chi connectivity index (χ3n) is 1.09. The van der Waals surface area contributed by atoms with E-state index in [4.69, 9.17) is 5.11 Å². The van der Waals surface area contributed by atoms with E-state index in [-0.39, 0.29) is 0 Å². The summed E-state index contributed by atoms with van der Waals surface area (Å²) >= 11 is 0. The fraction of sp³-hybridized carbons (Fsp3) is 0.